The molecule has 0 aliphatic rings. The molecule has 0 radical (unpaired) electrons. The van der Waals surface area contributed by atoms with E-state index in [0.717, 1.165) is 16.8 Å². The van der Waals surface area contributed by atoms with Crippen molar-refractivity contribution in [1.29, 1.82) is 0 Å². The number of fused-ring (bicyclic) bond motifs is 1. The van der Waals surface area contributed by atoms with E-state index in [1.165, 1.54) is 23.1 Å². The van der Waals surface area contributed by atoms with Crippen molar-refractivity contribution in [3.05, 3.63) is 81.5 Å². The van der Waals surface area contributed by atoms with Crippen LogP contribution in [0.2, 0.25) is 0 Å². The number of aromatic nitrogens is 2. The number of benzene rings is 2. The summed E-state index contributed by atoms with van der Waals surface area (Å²) in [7, 11) is 3.37. The smallest absolute Gasteiger partial charge is 0.272 e. The van der Waals surface area contributed by atoms with Crippen LogP contribution >= 0.6 is 23.1 Å². The topological polar surface area (TPSA) is 64.4 Å². The van der Waals surface area contributed by atoms with Crippen molar-refractivity contribution in [2.75, 3.05) is 24.8 Å². The normalized spacial score (nSPS) is 11.0. The second-order valence-corrected chi connectivity index (χ2v) is 9.17. The Morgan fingerprint density at radius 3 is 2.78 bits per heavy atom. The van der Waals surface area contributed by atoms with Crippen LogP contribution in [0, 0.1) is 6.92 Å². The molecule has 2 heterocycles. The molecule has 2 aromatic carbocycles. The molecule has 4 aromatic rings. The summed E-state index contributed by atoms with van der Waals surface area (Å²) in [6.45, 7) is 2.31. The zero-order valence-electron chi connectivity index (χ0n) is 18.1. The van der Waals surface area contributed by atoms with Gasteiger partial charge in [-0.15, -0.1) is 11.3 Å². The maximum atomic E-state index is 13.2. The summed E-state index contributed by atoms with van der Waals surface area (Å²) in [5.41, 5.74) is 3.34. The predicted octanol–water partition coefficient (Wildman–Crippen LogP) is 4.58. The Hall–Kier alpha value is -3.10. The van der Waals surface area contributed by atoms with E-state index in [4.69, 9.17) is 9.72 Å². The number of ether oxygens (including phenoxy) is 1. The molecular weight excluding hydrogens is 442 g/mol. The molecule has 0 unspecified atom stereocenters. The average Bonchev–Trinajstić information content (AvgIpc) is 3.28. The fourth-order valence-corrected chi connectivity index (χ4v) is 5.07. The molecule has 0 aliphatic heterocycles. The lowest BCUT2D eigenvalue weighted by Crippen LogP contribution is -2.29. The van der Waals surface area contributed by atoms with Crippen molar-refractivity contribution in [3.8, 4) is 5.75 Å². The highest BCUT2D eigenvalue weighted by Crippen LogP contribution is 2.25. The quantitative estimate of drug-likeness (QED) is 0.295. The average molecular weight is 466 g/mol. The third-order valence-corrected chi connectivity index (χ3v) is 6.99. The monoisotopic (exact) mass is 465 g/mol. The van der Waals surface area contributed by atoms with E-state index in [1.54, 1.807) is 23.6 Å². The van der Waals surface area contributed by atoms with Crippen LogP contribution in [0.1, 0.15) is 11.1 Å². The number of rotatable bonds is 7. The lowest BCUT2D eigenvalue weighted by atomic mass is 10.2. The first kappa shape index (κ1) is 22.1. The van der Waals surface area contributed by atoms with Crippen LogP contribution in [-0.2, 0) is 11.3 Å². The molecule has 0 fully saturated rings. The van der Waals surface area contributed by atoms with Gasteiger partial charge >= 0.3 is 0 Å². The predicted molar refractivity (Wildman–Crippen MR) is 131 cm³/mol. The van der Waals surface area contributed by atoms with Gasteiger partial charge in [0.05, 0.1) is 24.9 Å². The van der Waals surface area contributed by atoms with Crippen LogP contribution in [0.5, 0.6) is 5.75 Å². The zero-order valence-corrected chi connectivity index (χ0v) is 19.7. The molecule has 2 aromatic heterocycles. The first-order chi connectivity index (χ1) is 15.5. The number of hydrogen-bond acceptors (Lipinski definition) is 6. The zero-order chi connectivity index (χ0) is 22.7. The highest BCUT2D eigenvalue weighted by atomic mass is 32.2. The molecule has 4 rings (SSSR count). The summed E-state index contributed by atoms with van der Waals surface area (Å²) >= 11 is 2.65. The summed E-state index contributed by atoms with van der Waals surface area (Å²) in [5, 5.41) is 2.37. The highest BCUT2D eigenvalue weighted by Gasteiger charge is 2.18. The largest absolute Gasteiger partial charge is 0.496 e. The highest BCUT2D eigenvalue weighted by molar-refractivity contribution is 7.99. The molecule has 0 spiro atoms. The third-order valence-electron chi connectivity index (χ3n) is 5.14. The Bertz CT molecular complexity index is 1330. The number of hydrogen-bond donors (Lipinski definition) is 0. The van der Waals surface area contributed by atoms with Gasteiger partial charge in [0, 0.05) is 18.3 Å². The van der Waals surface area contributed by atoms with E-state index >= 15 is 0 Å². The molecule has 0 saturated heterocycles. The van der Waals surface area contributed by atoms with E-state index in [-0.39, 0.29) is 17.2 Å². The summed E-state index contributed by atoms with van der Waals surface area (Å²) in [6.07, 6.45) is 0. The van der Waals surface area contributed by atoms with Gasteiger partial charge in [0.1, 0.15) is 10.4 Å². The molecule has 8 heteroatoms. The van der Waals surface area contributed by atoms with Crippen molar-refractivity contribution in [2.24, 2.45) is 0 Å². The molecule has 0 bridgehead atoms. The third kappa shape index (κ3) is 4.56. The van der Waals surface area contributed by atoms with Gasteiger partial charge in [0.25, 0.3) is 5.56 Å². The molecule has 164 valence electrons. The van der Waals surface area contributed by atoms with Crippen LogP contribution in [-0.4, -0.2) is 35.4 Å². The Labute approximate surface area is 194 Å². The Balaban J connectivity index is 1.63. The molecule has 0 aliphatic carbocycles. The number of amides is 1. The van der Waals surface area contributed by atoms with Crippen LogP contribution in [0.3, 0.4) is 0 Å². The number of thiophene rings is 1. The van der Waals surface area contributed by atoms with Gasteiger partial charge in [-0.2, -0.15) is 0 Å². The Kier molecular flexibility index (Phi) is 6.62. The van der Waals surface area contributed by atoms with E-state index in [2.05, 4.69) is 0 Å². The van der Waals surface area contributed by atoms with Gasteiger partial charge in [0.15, 0.2) is 5.16 Å². The molecule has 32 heavy (non-hydrogen) atoms. The minimum Gasteiger partial charge on any atom is -0.496 e. The summed E-state index contributed by atoms with van der Waals surface area (Å²) in [5.74, 6) is 0.805. The molecule has 1 amide bonds. The van der Waals surface area contributed by atoms with E-state index in [9.17, 15) is 9.59 Å². The minimum absolute atomic E-state index is 0.0656. The lowest BCUT2D eigenvalue weighted by Gasteiger charge is -2.18. The van der Waals surface area contributed by atoms with E-state index in [0.29, 0.717) is 27.7 Å². The van der Waals surface area contributed by atoms with Gasteiger partial charge in [-0.1, -0.05) is 42.1 Å². The van der Waals surface area contributed by atoms with Gasteiger partial charge in [-0.3, -0.25) is 14.2 Å². The standard InChI is InChI=1S/C24H23N3O3S2/c1-16-7-6-9-18(13-16)26(2)21(28)15-32-24-25-19-11-12-31-22(19)23(29)27(24)14-17-8-4-5-10-20(17)30-3/h4-13H,14-15H2,1-3H3. The number of methoxy groups -OCH3 is 1. The Morgan fingerprint density at radius 1 is 1.19 bits per heavy atom. The molecule has 0 atom stereocenters. The van der Waals surface area contributed by atoms with Crippen LogP contribution in [0.25, 0.3) is 10.2 Å². The van der Waals surface area contributed by atoms with Crippen LogP contribution in [0.4, 0.5) is 5.69 Å². The minimum atomic E-state index is -0.113. The van der Waals surface area contributed by atoms with Gasteiger partial charge in [-0.25, -0.2) is 4.98 Å². The number of thioether (sulfide) groups is 1. The van der Waals surface area contributed by atoms with Crippen molar-refractivity contribution < 1.29 is 9.53 Å². The second kappa shape index (κ2) is 9.58. The number of anilines is 1. The maximum Gasteiger partial charge on any atom is 0.272 e. The van der Waals surface area contributed by atoms with Crippen molar-refractivity contribution in [1.82, 2.24) is 9.55 Å². The van der Waals surface area contributed by atoms with Gasteiger partial charge in [-0.05, 0) is 42.1 Å². The molecule has 6 nitrogen and oxygen atoms in total. The number of carbonyl (C=O) groups excluding carboxylic acids is 1. The number of nitrogens with zero attached hydrogens (tertiary/aromatic N) is 3. The second-order valence-electron chi connectivity index (χ2n) is 7.31. The first-order valence-corrected chi connectivity index (χ1v) is 11.9. The summed E-state index contributed by atoms with van der Waals surface area (Å²) in [6, 6.07) is 17.2. The fraction of sp³-hybridized carbons (Fsp3) is 0.208. The number of carbonyl (C=O) groups is 1. The molecular formula is C24H23N3O3S2. The van der Waals surface area contributed by atoms with Gasteiger partial charge in [0.2, 0.25) is 5.91 Å². The van der Waals surface area contributed by atoms with Crippen molar-refractivity contribution in [2.45, 2.75) is 18.6 Å². The number of aryl methyl sites for hydroxylation is 1. The van der Waals surface area contributed by atoms with Crippen molar-refractivity contribution in [3.63, 3.8) is 0 Å². The lowest BCUT2D eigenvalue weighted by molar-refractivity contribution is -0.115. The first-order valence-electron chi connectivity index (χ1n) is 10.0. The maximum absolute atomic E-state index is 13.2. The molecule has 0 saturated carbocycles. The number of para-hydroxylation sites is 1. The summed E-state index contributed by atoms with van der Waals surface area (Å²) < 4.78 is 7.69. The van der Waals surface area contributed by atoms with Crippen LogP contribution in [0.15, 0.2) is 69.9 Å². The van der Waals surface area contributed by atoms with Crippen molar-refractivity contribution >= 4 is 44.9 Å². The fourth-order valence-electron chi connectivity index (χ4n) is 3.38. The van der Waals surface area contributed by atoms with Gasteiger partial charge < -0.3 is 9.64 Å². The van der Waals surface area contributed by atoms with E-state index in [1.807, 2.05) is 66.9 Å². The SMILES string of the molecule is COc1ccccc1Cn1c(SCC(=O)N(C)c2cccc(C)c2)nc2ccsc2c1=O. The van der Waals surface area contributed by atoms with E-state index < -0.39 is 0 Å². The van der Waals surface area contributed by atoms with Crippen LogP contribution < -0.4 is 15.2 Å². The molecule has 0 N–H and O–H groups in total. The Morgan fingerprint density at radius 2 is 2.00 bits per heavy atom. The summed E-state index contributed by atoms with van der Waals surface area (Å²) in [4.78, 5) is 32.4.